The zero-order valence-corrected chi connectivity index (χ0v) is 15.6. The Balaban J connectivity index is 1.76. The number of sulfonamides is 1. The molecule has 1 saturated carbocycles. The number of hydrogen-bond acceptors (Lipinski definition) is 3. The second-order valence-electron chi connectivity index (χ2n) is 6.79. The van der Waals surface area contributed by atoms with Crippen molar-refractivity contribution < 1.29 is 8.42 Å². The second-order valence-corrected chi connectivity index (χ2v) is 8.89. The first-order chi connectivity index (χ1) is 12.6. The number of benzene rings is 2. The Hall–Kier alpha value is -2.24. The lowest BCUT2D eigenvalue weighted by molar-refractivity contribution is 0.582. The van der Waals surface area contributed by atoms with Crippen LogP contribution in [0.5, 0.6) is 0 Å². The van der Waals surface area contributed by atoms with Crippen molar-refractivity contribution in [2.45, 2.75) is 32.2 Å². The van der Waals surface area contributed by atoms with Gasteiger partial charge in [0.2, 0.25) is 10.0 Å². The summed E-state index contributed by atoms with van der Waals surface area (Å²) in [5.41, 5.74) is 4.16. The van der Waals surface area contributed by atoms with Crippen LogP contribution in [0.4, 0.5) is 0 Å². The Labute approximate surface area is 154 Å². The average Bonchev–Trinajstić information content (AvgIpc) is 3.51. The number of pyridine rings is 1. The molecular weight excluding hydrogens is 344 g/mol. The minimum Gasteiger partial charge on any atom is -0.260 e. The Bertz CT molecular complexity index is 1050. The van der Waals surface area contributed by atoms with Gasteiger partial charge in [-0.2, -0.15) is 0 Å². The van der Waals surface area contributed by atoms with Gasteiger partial charge in [0.25, 0.3) is 0 Å². The summed E-state index contributed by atoms with van der Waals surface area (Å²) < 4.78 is 26.4. The minimum absolute atomic E-state index is 0.0855. The van der Waals surface area contributed by atoms with E-state index in [1.807, 2.05) is 24.4 Å². The normalized spacial score (nSPS) is 14.7. The van der Waals surface area contributed by atoms with Gasteiger partial charge in [0.1, 0.15) is 0 Å². The molecule has 0 radical (unpaired) electrons. The number of fused-ring (bicyclic) bond motifs is 1. The molecule has 1 fully saturated rings. The van der Waals surface area contributed by atoms with E-state index in [4.69, 9.17) is 4.98 Å². The summed E-state index contributed by atoms with van der Waals surface area (Å²) >= 11 is 0. The van der Waals surface area contributed by atoms with E-state index < -0.39 is 10.0 Å². The van der Waals surface area contributed by atoms with Crippen LogP contribution in [-0.2, 0) is 16.6 Å². The first-order valence-corrected chi connectivity index (χ1v) is 10.7. The van der Waals surface area contributed by atoms with E-state index in [9.17, 15) is 8.42 Å². The van der Waals surface area contributed by atoms with Crippen LogP contribution in [0.1, 0.15) is 36.9 Å². The lowest BCUT2D eigenvalue weighted by Crippen LogP contribution is -2.25. The van der Waals surface area contributed by atoms with Crippen LogP contribution in [0.15, 0.2) is 54.7 Å². The van der Waals surface area contributed by atoms with E-state index in [1.165, 1.54) is 10.8 Å². The van der Waals surface area contributed by atoms with Crippen molar-refractivity contribution in [1.29, 1.82) is 0 Å². The smallest absolute Gasteiger partial charge is 0.211 e. The molecule has 0 saturated heterocycles. The predicted octanol–water partition coefficient (Wildman–Crippen LogP) is 4.22. The van der Waals surface area contributed by atoms with Gasteiger partial charge in [-0.1, -0.05) is 42.5 Å². The molecule has 0 unspecified atom stereocenters. The number of aromatic nitrogens is 1. The molecule has 4 rings (SSSR count). The van der Waals surface area contributed by atoms with Crippen molar-refractivity contribution in [3.63, 3.8) is 0 Å². The standard InChI is InChI=1S/C21H22N2O2S/c1-2-26(24,25)23-14-18-12-17(13-22-21(18)16-10-11-16)20-9-5-7-15-6-3-4-8-19(15)20/h3-9,12-13,16,23H,2,10-11,14H2,1H3. The van der Waals surface area contributed by atoms with E-state index in [0.717, 1.165) is 35.2 Å². The van der Waals surface area contributed by atoms with Crippen LogP contribution in [0.2, 0.25) is 0 Å². The molecule has 26 heavy (non-hydrogen) atoms. The molecule has 1 N–H and O–H groups in total. The minimum atomic E-state index is -3.23. The summed E-state index contributed by atoms with van der Waals surface area (Å²) in [5.74, 6) is 0.556. The van der Waals surface area contributed by atoms with Crippen molar-refractivity contribution in [1.82, 2.24) is 9.71 Å². The molecule has 3 aromatic rings. The molecule has 0 aliphatic heterocycles. The third kappa shape index (κ3) is 3.50. The highest BCUT2D eigenvalue weighted by molar-refractivity contribution is 7.89. The first kappa shape index (κ1) is 17.2. The SMILES string of the molecule is CCS(=O)(=O)NCc1cc(-c2cccc3ccccc23)cnc1C1CC1. The van der Waals surface area contributed by atoms with E-state index in [1.54, 1.807) is 6.92 Å². The molecule has 1 aromatic heterocycles. The molecule has 4 nitrogen and oxygen atoms in total. The van der Waals surface area contributed by atoms with Gasteiger partial charge in [-0.25, -0.2) is 13.1 Å². The molecular formula is C21H22N2O2S. The Morgan fingerprint density at radius 2 is 1.88 bits per heavy atom. The average molecular weight is 366 g/mol. The van der Waals surface area contributed by atoms with Gasteiger partial charge < -0.3 is 0 Å². The largest absolute Gasteiger partial charge is 0.260 e. The third-order valence-electron chi connectivity index (χ3n) is 4.93. The van der Waals surface area contributed by atoms with Crippen molar-refractivity contribution in [3.05, 3.63) is 66.0 Å². The van der Waals surface area contributed by atoms with Crippen LogP contribution in [-0.4, -0.2) is 19.2 Å². The zero-order chi connectivity index (χ0) is 18.1. The van der Waals surface area contributed by atoms with Crippen LogP contribution in [0, 0.1) is 0 Å². The van der Waals surface area contributed by atoms with Crippen molar-refractivity contribution in [2.24, 2.45) is 0 Å². The predicted molar refractivity (Wildman–Crippen MR) is 105 cm³/mol. The fraction of sp³-hybridized carbons (Fsp3) is 0.286. The van der Waals surface area contributed by atoms with E-state index in [0.29, 0.717) is 12.5 Å². The first-order valence-electron chi connectivity index (χ1n) is 9.01. The summed E-state index contributed by atoms with van der Waals surface area (Å²) in [5, 5.41) is 2.36. The highest BCUT2D eigenvalue weighted by Gasteiger charge is 2.28. The lowest BCUT2D eigenvalue weighted by atomic mass is 9.97. The monoisotopic (exact) mass is 366 g/mol. The molecule has 0 spiro atoms. The fourth-order valence-corrected chi connectivity index (χ4v) is 3.88. The van der Waals surface area contributed by atoms with Gasteiger partial charge in [0.15, 0.2) is 0 Å². The molecule has 1 aliphatic rings. The topological polar surface area (TPSA) is 59.1 Å². The third-order valence-corrected chi connectivity index (χ3v) is 6.27. The fourth-order valence-electron chi connectivity index (χ4n) is 3.30. The van der Waals surface area contributed by atoms with E-state index in [2.05, 4.69) is 35.1 Å². The van der Waals surface area contributed by atoms with Crippen LogP contribution >= 0.6 is 0 Å². The Kier molecular flexibility index (Phi) is 4.51. The van der Waals surface area contributed by atoms with E-state index >= 15 is 0 Å². The van der Waals surface area contributed by atoms with Crippen molar-refractivity contribution >= 4 is 20.8 Å². The summed E-state index contributed by atoms with van der Waals surface area (Å²) in [6.07, 6.45) is 4.19. The second kappa shape index (κ2) is 6.82. The van der Waals surface area contributed by atoms with Gasteiger partial charge >= 0.3 is 0 Å². The molecule has 1 heterocycles. The number of nitrogens with one attached hydrogen (secondary N) is 1. The maximum atomic E-state index is 11.9. The maximum Gasteiger partial charge on any atom is 0.211 e. The molecule has 0 amide bonds. The molecule has 2 aromatic carbocycles. The highest BCUT2D eigenvalue weighted by atomic mass is 32.2. The molecule has 5 heteroatoms. The summed E-state index contributed by atoms with van der Waals surface area (Å²) in [6.45, 7) is 1.95. The lowest BCUT2D eigenvalue weighted by Gasteiger charge is -2.13. The summed E-state index contributed by atoms with van der Waals surface area (Å²) in [4.78, 5) is 4.72. The summed E-state index contributed by atoms with van der Waals surface area (Å²) in [6, 6.07) is 16.6. The Morgan fingerprint density at radius 3 is 2.65 bits per heavy atom. The van der Waals surface area contributed by atoms with Gasteiger partial charge in [-0.15, -0.1) is 0 Å². The zero-order valence-electron chi connectivity index (χ0n) is 14.8. The van der Waals surface area contributed by atoms with Gasteiger partial charge in [0.05, 0.1) is 5.75 Å². The number of rotatable bonds is 6. The number of hydrogen-bond donors (Lipinski definition) is 1. The van der Waals surface area contributed by atoms with Crippen LogP contribution < -0.4 is 4.72 Å². The Morgan fingerprint density at radius 1 is 1.12 bits per heavy atom. The van der Waals surface area contributed by atoms with Crippen LogP contribution in [0.3, 0.4) is 0 Å². The quantitative estimate of drug-likeness (QED) is 0.711. The molecule has 1 aliphatic carbocycles. The van der Waals surface area contributed by atoms with Crippen LogP contribution in [0.25, 0.3) is 21.9 Å². The number of nitrogens with zero attached hydrogens (tertiary/aromatic N) is 1. The van der Waals surface area contributed by atoms with Gasteiger partial charge in [0, 0.05) is 29.9 Å². The molecule has 134 valence electrons. The molecule has 0 atom stereocenters. The summed E-state index contributed by atoms with van der Waals surface area (Å²) in [7, 11) is -3.23. The van der Waals surface area contributed by atoms with E-state index in [-0.39, 0.29) is 5.75 Å². The van der Waals surface area contributed by atoms with Crippen molar-refractivity contribution in [2.75, 3.05) is 5.75 Å². The van der Waals surface area contributed by atoms with Crippen molar-refractivity contribution in [3.8, 4) is 11.1 Å². The molecule has 0 bridgehead atoms. The van der Waals surface area contributed by atoms with Gasteiger partial charge in [-0.05, 0) is 47.7 Å². The highest BCUT2D eigenvalue weighted by Crippen LogP contribution is 2.41. The van der Waals surface area contributed by atoms with Gasteiger partial charge in [-0.3, -0.25) is 4.98 Å². The maximum absolute atomic E-state index is 11.9.